The summed E-state index contributed by atoms with van der Waals surface area (Å²) < 4.78 is 0. The summed E-state index contributed by atoms with van der Waals surface area (Å²) in [6, 6.07) is 16.7. The van der Waals surface area contributed by atoms with Crippen LogP contribution in [0.1, 0.15) is 22.3 Å². The van der Waals surface area contributed by atoms with Gasteiger partial charge in [0.25, 0.3) is 6.29 Å². The first-order valence-electron chi connectivity index (χ1n) is 7.44. The Kier molecular flexibility index (Phi) is 3.88. The number of aliphatic imine (C=N–C) groups is 1. The van der Waals surface area contributed by atoms with Crippen LogP contribution in [0.25, 0.3) is 0 Å². The van der Waals surface area contributed by atoms with Crippen molar-refractivity contribution in [3.8, 4) is 0 Å². The van der Waals surface area contributed by atoms with E-state index in [1.165, 1.54) is 11.1 Å². The number of nitrogens with zero attached hydrogens (tertiary/aromatic N) is 2. The molecule has 3 rings (SSSR count). The Morgan fingerprint density at radius 1 is 0.818 bits per heavy atom. The van der Waals surface area contributed by atoms with E-state index in [-0.39, 0.29) is 6.29 Å². The number of nitrogens with one attached hydrogen (secondary N) is 1. The monoisotopic (exact) mass is 293 g/mol. The number of benzene rings is 2. The number of nitrogens with two attached hydrogens (primary N) is 1. The molecule has 2 aromatic rings. The van der Waals surface area contributed by atoms with Gasteiger partial charge in [0, 0.05) is 11.1 Å². The minimum Gasteiger partial charge on any atom is -0.259 e. The Morgan fingerprint density at radius 3 is 1.77 bits per heavy atom. The van der Waals surface area contributed by atoms with Crippen LogP contribution in [0.4, 0.5) is 0 Å². The quantitative estimate of drug-likeness (QED) is 0.861. The smallest absolute Gasteiger partial charge is 0.259 e. The molecule has 1 aliphatic heterocycles. The fraction of sp³-hybridized carbons (Fsp3) is 0.222. The molecule has 0 aliphatic carbocycles. The molecule has 0 amide bonds. The number of quaternary nitrogens is 1. The molecule has 0 saturated heterocycles. The third kappa shape index (κ3) is 2.84. The van der Waals surface area contributed by atoms with Crippen molar-refractivity contribution in [2.24, 2.45) is 15.8 Å². The molecular formula is C18H21N4+. The van der Waals surface area contributed by atoms with Gasteiger partial charge in [-0.15, -0.1) is 0 Å². The van der Waals surface area contributed by atoms with Crippen LogP contribution in [0.15, 0.2) is 58.6 Å². The maximum atomic E-state index is 6.07. The molecule has 2 atom stereocenters. The minimum absolute atomic E-state index is 0.370. The van der Waals surface area contributed by atoms with Crippen LogP contribution in [-0.2, 0) is 0 Å². The van der Waals surface area contributed by atoms with Crippen molar-refractivity contribution in [2.75, 3.05) is 7.05 Å². The summed E-state index contributed by atoms with van der Waals surface area (Å²) >= 11 is 0. The van der Waals surface area contributed by atoms with Crippen LogP contribution in [-0.4, -0.2) is 24.8 Å². The van der Waals surface area contributed by atoms with Gasteiger partial charge in [0.15, 0.2) is 5.71 Å². The second-order valence-electron chi connectivity index (χ2n) is 5.76. The van der Waals surface area contributed by atoms with E-state index in [4.69, 9.17) is 10.8 Å². The highest BCUT2D eigenvalue weighted by Crippen LogP contribution is 2.13. The van der Waals surface area contributed by atoms with Crippen molar-refractivity contribution < 1.29 is 5.01 Å². The summed E-state index contributed by atoms with van der Waals surface area (Å²) in [5.74, 6) is 0. The van der Waals surface area contributed by atoms with Crippen molar-refractivity contribution in [1.29, 1.82) is 0 Å². The largest absolute Gasteiger partial charge is 0.261 e. The summed E-state index contributed by atoms with van der Waals surface area (Å²) in [5, 5.41) is 5.56. The van der Waals surface area contributed by atoms with Crippen LogP contribution in [0.3, 0.4) is 0 Å². The zero-order valence-corrected chi connectivity index (χ0v) is 13.2. The molecule has 0 saturated carbocycles. The van der Waals surface area contributed by atoms with Crippen LogP contribution in [0.5, 0.6) is 0 Å². The lowest BCUT2D eigenvalue weighted by atomic mass is 9.98. The number of aryl methyl sites for hydroxylation is 2. The van der Waals surface area contributed by atoms with Gasteiger partial charge in [-0.3, -0.25) is 5.73 Å². The molecule has 2 unspecified atom stereocenters. The van der Waals surface area contributed by atoms with Gasteiger partial charge in [-0.05, 0) is 13.8 Å². The Hall–Kier alpha value is -2.30. The second-order valence-corrected chi connectivity index (χ2v) is 5.76. The van der Waals surface area contributed by atoms with Crippen LogP contribution < -0.4 is 10.7 Å². The molecule has 1 aliphatic rings. The average molecular weight is 293 g/mol. The summed E-state index contributed by atoms with van der Waals surface area (Å²) in [6.45, 7) is 4.15. The lowest BCUT2D eigenvalue weighted by Gasteiger charge is -2.21. The van der Waals surface area contributed by atoms with E-state index >= 15 is 0 Å². The topological polar surface area (TPSA) is 55.2 Å². The third-order valence-electron chi connectivity index (χ3n) is 3.86. The van der Waals surface area contributed by atoms with Crippen molar-refractivity contribution in [1.82, 2.24) is 0 Å². The maximum absolute atomic E-state index is 6.07. The van der Waals surface area contributed by atoms with Gasteiger partial charge in [-0.25, -0.2) is 4.99 Å². The minimum atomic E-state index is -0.370. The summed E-state index contributed by atoms with van der Waals surface area (Å²) in [6.07, 6.45) is -0.370. The molecule has 0 fully saturated rings. The van der Waals surface area contributed by atoms with E-state index in [9.17, 15) is 0 Å². The Labute approximate surface area is 131 Å². The number of hydrogen-bond acceptors (Lipinski definition) is 3. The fourth-order valence-corrected chi connectivity index (χ4v) is 2.42. The highest BCUT2D eigenvalue weighted by atomic mass is 15.5. The molecule has 22 heavy (non-hydrogen) atoms. The van der Waals surface area contributed by atoms with Gasteiger partial charge in [-0.1, -0.05) is 64.8 Å². The van der Waals surface area contributed by atoms with E-state index in [0.717, 1.165) is 27.6 Å². The molecule has 4 heteroatoms. The zero-order chi connectivity index (χ0) is 15.7. The van der Waals surface area contributed by atoms with E-state index in [1.54, 1.807) is 0 Å². The second kappa shape index (κ2) is 5.83. The van der Waals surface area contributed by atoms with Gasteiger partial charge in [-0.2, -0.15) is 5.01 Å². The summed E-state index contributed by atoms with van der Waals surface area (Å²) in [7, 11) is 1.92. The third-order valence-corrected chi connectivity index (χ3v) is 3.86. The number of hydrogen-bond donors (Lipinski definition) is 2. The van der Waals surface area contributed by atoms with E-state index in [0.29, 0.717) is 0 Å². The molecular weight excluding hydrogens is 272 g/mol. The van der Waals surface area contributed by atoms with Crippen molar-refractivity contribution in [2.45, 2.75) is 20.1 Å². The molecule has 4 nitrogen and oxygen atoms in total. The molecule has 0 radical (unpaired) electrons. The lowest BCUT2D eigenvalue weighted by Crippen LogP contribution is -3.11. The van der Waals surface area contributed by atoms with Crippen LogP contribution >= 0.6 is 0 Å². The highest BCUT2D eigenvalue weighted by Gasteiger charge is 2.26. The van der Waals surface area contributed by atoms with Crippen molar-refractivity contribution in [3.05, 3.63) is 70.8 Å². The average Bonchev–Trinajstić information content (AvgIpc) is 2.51. The maximum Gasteiger partial charge on any atom is 0.261 e. The molecule has 1 heterocycles. The van der Waals surface area contributed by atoms with Gasteiger partial charge < -0.3 is 0 Å². The Morgan fingerprint density at radius 2 is 1.27 bits per heavy atom. The molecule has 2 aromatic carbocycles. The van der Waals surface area contributed by atoms with Crippen molar-refractivity contribution in [3.63, 3.8) is 0 Å². The van der Waals surface area contributed by atoms with Crippen molar-refractivity contribution >= 4 is 11.4 Å². The van der Waals surface area contributed by atoms with Gasteiger partial charge in [0.1, 0.15) is 5.71 Å². The standard InChI is InChI=1S/C18H20N4/c1-12-4-8-14(9-5-12)16-17(21-22(3)18(19)20-16)15-10-6-13(2)7-11-15/h4-11,18H,19H2,1-3H3/p+1. The first kappa shape index (κ1) is 14.6. The normalized spacial score (nSPS) is 21.3. The van der Waals surface area contributed by atoms with Gasteiger partial charge >= 0.3 is 0 Å². The Balaban J connectivity index is 2.08. The van der Waals surface area contributed by atoms with E-state index in [2.05, 4.69) is 67.4 Å². The van der Waals surface area contributed by atoms with E-state index < -0.39 is 0 Å². The van der Waals surface area contributed by atoms with Gasteiger partial charge in [0.2, 0.25) is 0 Å². The predicted molar refractivity (Wildman–Crippen MR) is 90.3 cm³/mol. The predicted octanol–water partition coefficient (Wildman–Crippen LogP) is 1.27. The molecule has 3 N–H and O–H groups in total. The summed E-state index contributed by atoms with van der Waals surface area (Å²) in [4.78, 5) is 4.67. The first-order chi connectivity index (χ1) is 10.5. The first-order valence-corrected chi connectivity index (χ1v) is 7.44. The highest BCUT2D eigenvalue weighted by molar-refractivity contribution is 6.53. The molecule has 0 spiro atoms. The SMILES string of the molecule is Cc1ccc(C2=NC(N)[NH+](C)N=C2c2ccc(C)cc2)cc1. The molecule has 0 bridgehead atoms. The zero-order valence-electron chi connectivity index (χ0n) is 13.2. The Bertz CT molecular complexity index is 661. The fourth-order valence-electron chi connectivity index (χ4n) is 2.42. The van der Waals surface area contributed by atoms with Crippen LogP contribution in [0, 0.1) is 13.8 Å². The lowest BCUT2D eigenvalue weighted by molar-refractivity contribution is -0.912. The van der Waals surface area contributed by atoms with Gasteiger partial charge in [0.05, 0.1) is 7.05 Å². The molecule has 112 valence electrons. The summed E-state index contributed by atoms with van der Waals surface area (Å²) in [5.41, 5.74) is 12.4. The van der Waals surface area contributed by atoms with E-state index in [1.807, 2.05) is 7.05 Å². The van der Waals surface area contributed by atoms with Crippen LogP contribution in [0.2, 0.25) is 0 Å². The number of rotatable bonds is 2. The molecule has 0 aromatic heterocycles.